The van der Waals surface area contributed by atoms with Crippen molar-refractivity contribution in [2.45, 2.75) is 73.8 Å². The molecule has 0 saturated heterocycles. The third-order valence-electron chi connectivity index (χ3n) is 3.40. The SMILES string of the molecule is CCCC(C)C(CNC(C)(C)C)C(C)(C)C. The van der Waals surface area contributed by atoms with Gasteiger partial charge in [0.1, 0.15) is 0 Å². The minimum atomic E-state index is 0.232. The zero-order valence-electron chi connectivity index (χ0n) is 12.8. The maximum Gasteiger partial charge on any atom is 0.00966 e. The highest BCUT2D eigenvalue weighted by Gasteiger charge is 2.29. The highest BCUT2D eigenvalue weighted by Crippen LogP contribution is 2.34. The van der Waals surface area contributed by atoms with Crippen LogP contribution in [-0.4, -0.2) is 12.1 Å². The minimum absolute atomic E-state index is 0.232. The summed E-state index contributed by atoms with van der Waals surface area (Å²) >= 11 is 0. The molecule has 0 saturated carbocycles. The first-order valence-corrected chi connectivity index (χ1v) is 6.83. The summed E-state index contributed by atoms with van der Waals surface area (Å²) in [5, 5.41) is 3.67. The van der Waals surface area contributed by atoms with Gasteiger partial charge in [-0.1, -0.05) is 47.5 Å². The average molecular weight is 227 g/mol. The largest absolute Gasteiger partial charge is 0.312 e. The molecule has 98 valence electrons. The summed E-state index contributed by atoms with van der Waals surface area (Å²) < 4.78 is 0. The highest BCUT2D eigenvalue weighted by atomic mass is 14.9. The van der Waals surface area contributed by atoms with E-state index in [9.17, 15) is 0 Å². The first-order valence-electron chi connectivity index (χ1n) is 6.83. The molecule has 0 aromatic rings. The van der Waals surface area contributed by atoms with Crippen molar-refractivity contribution in [1.82, 2.24) is 5.32 Å². The summed E-state index contributed by atoms with van der Waals surface area (Å²) in [6.45, 7) is 19.7. The van der Waals surface area contributed by atoms with E-state index in [1.807, 2.05) is 0 Å². The third kappa shape index (κ3) is 6.52. The van der Waals surface area contributed by atoms with Crippen molar-refractivity contribution in [3.8, 4) is 0 Å². The molecule has 1 nitrogen and oxygen atoms in total. The zero-order chi connectivity index (χ0) is 13.0. The Morgan fingerprint density at radius 3 is 1.81 bits per heavy atom. The van der Waals surface area contributed by atoms with Crippen molar-refractivity contribution >= 4 is 0 Å². The monoisotopic (exact) mass is 227 g/mol. The Morgan fingerprint density at radius 2 is 1.50 bits per heavy atom. The average Bonchev–Trinajstić information content (AvgIpc) is 1.99. The molecule has 0 aliphatic rings. The molecule has 0 aromatic carbocycles. The Hall–Kier alpha value is -0.0400. The van der Waals surface area contributed by atoms with Gasteiger partial charge in [0, 0.05) is 5.54 Å². The van der Waals surface area contributed by atoms with Crippen LogP contribution in [0, 0.1) is 17.3 Å². The van der Waals surface area contributed by atoms with Gasteiger partial charge in [-0.25, -0.2) is 0 Å². The van der Waals surface area contributed by atoms with E-state index in [0.29, 0.717) is 5.41 Å². The summed E-state index contributed by atoms with van der Waals surface area (Å²) in [6.07, 6.45) is 2.64. The predicted molar refractivity (Wildman–Crippen MR) is 74.8 cm³/mol. The summed E-state index contributed by atoms with van der Waals surface area (Å²) in [6, 6.07) is 0. The van der Waals surface area contributed by atoms with E-state index in [1.54, 1.807) is 0 Å². The van der Waals surface area contributed by atoms with E-state index in [-0.39, 0.29) is 5.54 Å². The van der Waals surface area contributed by atoms with Gasteiger partial charge in [-0.3, -0.25) is 0 Å². The van der Waals surface area contributed by atoms with Crippen molar-refractivity contribution in [1.29, 1.82) is 0 Å². The lowest BCUT2D eigenvalue weighted by atomic mass is 9.72. The van der Waals surface area contributed by atoms with E-state index in [1.165, 1.54) is 12.8 Å². The van der Waals surface area contributed by atoms with Gasteiger partial charge in [0.05, 0.1) is 0 Å². The molecular weight excluding hydrogens is 194 g/mol. The standard InChI is InChI=1S/C15H33N/c1-9-10-12(2)13(14(3,4)5)11-16-15(6,7)8/h12-13,16H,9-11H2,1-8H3. The Bertz CT molecular complexity index is 183. The molecule has 0 heterocycles. The molecule has 0 aromatic heterocycles. The second kappa shape index (κ2) is 6.05. The molecule has 0 rings (SSSR count). The maximum absolute atomic E-state index is 3.67. The topological polar surface area (TPSA) is 12.0 Å². The number of rotatable bonds is 5. The quantitative estimate of drug-likeness (QED) is 0.730. The fourth-order valence-corrected chi connectivity index (χ4v) is 2.43. The zero-order valence-corrected chi connectivity index (χ0v) is 12.8. The van der Waals surface area contributed by atoms with E-state index in [4.69, 9.17) is 0 Å². The van der Waals surface area contributed by atoms with Gasteiger partial charge in [0.2, 0.25) is 0 Å². The van der Waals surface area contributed by atoms with Crippen LogP contribution in [0.5, 0.6) is 0 Å². The Balaban J connectivity index is 4.45. The van der Waals surface area contributed by atoms with Gasteiger partial charge < -0.3 is 5.32 Å². The van der Waals surface area contributed by atoms with Crippen LogP contribution >= 0.6 is 0 Å². The second-order valence-electron chi connectivity index (χ2n) is 7.37. The molecule has 0 aliphatic carbocycles. The van der Waals surface area contributed by atoms with Crippen LogP contribution in [0.15, 0.2) is 0 Å². The third-order valence-corrected chi connectivity index (χ3v) is 3.40. The molecule has 0 aliphatic heterocycles. The van der Waals surface area contributed by atoms with E-state index < -0.39 is 0 Å². The van der Waals surface area contributed by atoms with Crippen molar-refractivity contribution in [2.75, 3.05) is 6.54 Å². The van der Waals surface area contributed by atoms with Gasteiger partial charge in [0.25, 0.3) is 0 Å². The van der Waals surface area contributed by atoms with Crippen LogP contribution in [0.3, 0.4) is 0 Å². The van der Waals surface area contributed by atoms with Crippen molar-refractivity contribution < 1.29 is 0 Å². The molecule has 2 unspecified atom stereocenters. The summed E-state index contributed by atoms with van der Waals surface area (Å²) in [5.41, 5.74) is 0.627. The summed E-state index contributed by atoms with van der Waals surface area (Å²) in [4.78, 5) is 0. The molecule has 1 N–H and O–H groups in total. The lowest BCUT2D eigenvalue weighted by Crippen LogP contribution is -2.44. The summed E-state index contributed by atoms with van der Waals surface area (Å²) in [5.74, 6) is 1.56. The van der Waals surface area contributed by atoms with Gasteiger partial charge in [-0.2, -0.15) is 0 Å². The van der Waals surface area contributed by atoms with E-state index >= 15 is 0 Å². The Kier molecular flexibility index (Phi) is 6.03. The number of nitrogens with one attached hydrogen (secondary N) is 1. The lowest BCUT2D eigenvalue weighted by molar-refractivity contribution is 0.146. The first kappa shape index (κ1) is 16.0. The molecule has 0 fully saturated rings. The van der Waals surface area contributed by atoms with Gasteiger partial charge in [0.15, 0.2) is 0 Å². The van der Waals surface area contributed by atoms with Crippen LogP contribution in [-0.2, 0) is 0 Å². The number of hydrogen-bond acceptors (Lipinski definition) is 1. The van der Waals surface area contributed by atoms with Crippen LogP contribution in [0.25, 0.3) is 0 Å². The fourth-order valence-electron chi connectivity index (χ4n) is 2.43. The minimum Gasteiger partial charge on any atom is -0.312 e. The van der Waals surface area contributed by atoms with Crippen LogP contribution in [0.1, 0.15) is 68.2 Å². The predicted octanol–water partition coefficient (Wildman–Crippen LogP) is 4.47. The first-order chi connectivity index (χ1) is 7.08. The molecule has 0 amide bonds. The lowest BCUT2D eigenvalue weighted by Gasteiger charge is -2.38. The smallest absolute Gasteiger partial charge is 0.00966 e. The van der Waals surface area contributed by atoms with Crippen LogP contribution in [0.2, 0.25) is 0 Å². The molecule has 0 spiro atoms. The van der Waals surface area contributed by atoms with E-state index in [0.717, 1.165) is 18.4 Å². The summed E-state index contributed by atoms with van der Waals surface area (Å²) in [7, 11) is 0. The van der Waals surface area contributed by atoms with E-state index in [2.05, 4.69) is 60.7 Å². The molecule has 1 heteroatoms. The Morgan fingerprint density at radius 1 is 1.00 bits per heavy atom. The van der Waals surface area contributed by atoms with Crippen molar-refractivity contribution in [3.05, 3.63) is 0 Å². The van der Waals surface area contributed by atoms with Gasteiger partial charge >= 0.3 is 0 Å². The fraction of sp³-hybridized carbons (Fsp3) is 1.00. The second-order valence-corrected chi connectivity index (χ2v) is 7.37. The highest BCUT2D eigenvalue weighted by molar-refractivity contribution is 4.83. The number of hydrogen-bond donors (Lipinski definition) is 1. The van der Waals surface area contributed by atoms with Gasteiger partial charge in [-0.15, -0.1) is 0 Å². The van der Waals surface area contributed by atoms with Crippen LogP contribution in [0.4, 0.5) is 0 Å². The molecule has 0 bridgehead atoms. The van der Waals surface area contributed by atoms with Crippen LogP contribution < -0.4 is 5.32 Å². The molecule has 0 radical (unpaired) electrons. The van der Waals surface area contributed by atoms with Gasteiger partial charge in [-0.05, 0) is 44.6 Å². The molecular formula is C15H33N. The molecule has 16 heavy (non-hydrogen) atoms. The normalized spacial score (nSPS) is 17.2. The van der Waals surface area contributed by atoms with Crippen molar-refractivity contribution in [3.63, 3.8) is 0 Å². The Labute approximate surface area is 103 Å². The van der Waals surface area contributed by atoms with Crippen molar-refractivity contribution in [2.24, 2.45) is 17.3 Å². The molecule has 2 atom stereocenters. The maximum atomic E-state index is 3.67.